The maximum Gasteiger partial charge on any atom is 0.416 e. The molecule has 0 aliphatic heterocycles. The molecule has 1 N–H and O–H groups in total. The number of nitrogens with zero attached hydrogens (tertiary/aromatic N) is 2. The van der Waals surface area contributed by atoms with Crippen molar-refractivity contribution in [2.24, 2.45) is 7.05 Å². The Balaban J connectivity index is 2.28. The molecule has 0 spiro atoms. The van der Waals surface area contributed by atoms with E-state index >= 15 is 0 Å². The number of aliphatic hydroxyl groups is 1. The van der Waals surface area contributed by atoms with Crippen LogP contribution in [0.3, 0.4) is 0 Å². The van der Waals surface area contributed by atoms with Gasteiger partial charge in [0.05, 0.1) is 23.8 Å². The van der Waals surface area contributed by atoms with Crippen molar-refractivity contribution in [1.29, 1.82) is 0 Å². The minimum atomic E-state index is -4.37. The average molecular weight is 256 g/mol. The van der Waals surface area contributed by atoms with E-state index < -0.39 is 17.8 Å². The second-order valence-corrected chi connectivity index (χ2v) is 3.95. The van der Waals surface area contributed by atoms with Crippen LogP contribution in [-0.4, -0.2) is 14.7 Å². The third kappa shape index (κ3) is 2.38. The Labute approximate surface area is 102 Å². The van der Waals surface area contributed by atoms with Crippen LogP contribution in [0.4, 0.5) is 13.2 Å². The van der Waals surface area contributed by atoms with Gasteiger partial charge in [0.2, 0.25) is 0 Å². The van der Waals surface area contributed by atoms with E-state index in [4.69, 9.17) is 0 Å². The van der Waals surface area contributed by atoms with Gasteiger partial charge in [-0.1, -0.05) is 12.1 Å². The van der Waals surface area contributed by atoms with Crippen molar-refractivity contribution in [2.75, 3.05) is 0 Å². The molecule has 0 aliphatic rings. The van der Waals surface area contributed by atoms with Gasteiger partial charge in [0.1, 0.15) is 6.10 Å². The normalized spacial score (nSPS) is 13.6. The van der Waals surface area contributed by atoms with E-state index in [1.54, 1.807) is 11.6 Å². The maximum atomic E-state index is 12.4. The van der Waals surface area contributed by atoms with E-state index in [1.807, 2.05) is 0 Å². The monoisotopic (exact) mass is 256 g/mol. The van der Waals surface area contributed by atoms with Gasteiger partial charge >= 0.3 is 6.18 Å². The molecule has 1 heterocycles. The molecule has 0 saturated heterocycles. The highest BCUT2D eigenvalue weighted by atomic mass is 19.4. The molecule has 18 heavy (non-hydrogen) atoms. The average Bonchev–Trinajstić information content (AvgIpc) is 2.73. The third-order valence-electron chi connectivity index (χ3n) is 2.69. The zero-order valence-electron chi connectivity index (χ0n) is 9.52. The summed E-state index contributed by atoms with van der Waals surface area (Å²) in [5.41, 5.74) is 0.185. The number of halogens is 3. The third-order valence-corrected chi connectivity index (χ3v) is 2.69. The highest BCUT2D eigenvalue weighted by molar-refractivity contribution is 5.29. The lowest BCUT2D eigenvalue weighted by Gasteiger charge is -2.13. The first-order valence-electron chi connectivity index (χ1n) is 5.21. The smallest absolute Gasteiger partial charge is 0.382 e. The minimum Gasteiger partial charge on any atom is -0.382 e. The number of aromatic nitrogens is 2. The molecule has 0 aliphatic carbocycles. The molecule has 1 unspecified atom stereocenters. The molecule has 2 aromatic rings. The quantitative estimate of drug-likeness (QED) is 0.896. The van der Waals surface area contributed by atoms with E-state index in [1.165, 1.54) is 24.7 Å². The van der Waals surface area contributed by atoms with E-state index in [0.717, 1.165) is 12.1 Å². The molecule has 2 rings (SSSR count). The summed E-state index contributed by atoms with van der Waals surface area (Å²) in [6.45, 7) is 0. The number of rotatable bonds is 2. The Morgan fingerprint density at radius 3 is 2.28 bits per heavy atom. The zero-order valence-corrected chi connectivity index (χ0v) is 9.52. The Bertz CT molecular complexity index is 531. The summed E-state index contributed by atoms with van der Waals surface area (Å²) >= 11 is 0. The second kappa shape index (κ2) is 4.45. The number of aryl methyl sites for hydroxylation is 1. The van der Waals surface area contributed by atoms with Crippen LogP contribution in [0.5, 0.6) is 0 Å². The van der Waals surface area contributed by atoms with Crippen LogP contribution >= 0.6 is 0 Å². The molecule has 0 fully saturated rings. The first-order valence-corrected chi connectivity index (χ1v) is 5.21. The molecular formula is C12H11F3N2O. The highest BCUT2D eigenvalue weighted by Gasteiger charge is 2.30. The molecule has 0 saturated carbocycles. The fourth-order valence-corrected chi connectivity index (χ4v) is 1.66. The first kappa shape index (κ1) is 12.6. The van der Waals surface area contributed by atoms with Gasteiger partial charge in [0, 0.05) is 7.05 Å². The van der Waals surface area contributed by atoms with E-state index in [-0.39, 0.29) is 0 Å². The number of imidazole rings is 1. The summed E-state index contributed by atoms with van der Waals surface area (Å²) < 4.78 is 38.8. The molecule has 0 radical (unpaired) electrons. The molecule has 1 atom stereocenters. The predicted molar refractivity (Wildman–Crippen MR) is 58.7 cm³/mol. The fraction of sp³-hybridized carbons (Fsp3) is 0.250. The van der Waals surface area contributed by atoms with Gasteiger partial charge < -0.3 is 9.67 Å². The minimum absolute atomic E-state index is 0.395. The van der Waals surface area contributed by atoms with E-state index in [2.05, 4.69) is 4.98 Å². The Morgan fingerprint density at radius 1 is 1.22 bits per heavy atom. The SMILES string of the molecule is Cn1cncc1C(O)c1ccc(C(F)(F)F)cc1. The molecule has 1 aromatic carbocycles. The van der Waals surface area contributed by atoms with Gasteiger partial charge in [-0.15, -0.1) is 0 Å². The summed E-state index contributed by atoms with van der Waals surface area (Å²) in [5.74, 6) is 0. The van der Waals surface area contributed by atoms with Crippen LogP contribution in [-0.2, 0) is 13.2 Å². The summed E-state index contributed by atoms with van der Waals surface area (Å²) in [7, 11) is 1.70. The number of hydrogen-bond acceptors (Lipinski definition) is 2. The van der Waals surface area contributed by atoms with Crippen molar-refractivity contribution in [3.63, 3.8) is 0 Å². The summed E-state index contributed by atoms with van der Waals surface area (Å²) in [6.07, 6.45) is -2.36. The highest BCUT2D eigenvalue weighted by Crippen LogP contribution is 2.30. The van der Waals surface area contributed by atoms with Gasteiger partial charge in [-0.3, -0.25) is 0 Å². The summed E-state index contributed by atoms with van der Waals surface area (Å²) in [4.78, 5) is 3.85. The molecule has 0 bridgehead atoms. The standard InChI is InChI=1S/C12H11F3N2O/c1-17-7-16-6-10(17)11(18)8-2-4-9(5-3-8)12(13,14)15/h2-7,11,18H,1H3. The lowest BCUT2D eigenvalue weighted by molar-refractivity contribution is -0.137. The van der Waals surface area contributed by atoms with Gasteiger partial charge in [-0.25, -0.2) is 4.98 Å². The van der Waals surface area contributed by atoms with Crippen molar-refractivity contribution in [1.82, 2.24) is 9.55 Å². The van der Waals surface area contributed by atoms with Crippen LogP contribution in [0, 0.1) is 0 Å². The molecule has 1 aromatic heterocycles. The molecule has 96 valence electrons. The Morgan fingerprint density at radius 2 is 1.83 bits per heavy atom. The lowest BCUT2D eigenvalue weighted by atomic mass is 10.0. The Kier molecular flexibility index (Phi) is 3.13. The van der Waals surface area contributed by atoms with Crippen molar-refractivity contribution in [3.05, 3.63) is 53.6 Å². The number of hydrogen-bond donors (Lipinski definition) is 1. The van der Waals surface area contributed by atoms with Crippen molar-refractivity contribution in [2.45, 2.75) is 12.3 Å². The molecule has 6 heteroatoms. The maximum absolute atomic E-state index is 12.4. The van der Waals surface area contributed by atoms with Crippen molar-refractivity contribution < 1.29 is 18.3 Å². The number of benzene rings is 1. The fourth-order valence-electron chi connectivity index (χ4n) is 1.66. The van der Waals surface area contributed by atoms with Gasteiger partial charge in [-0.2, -0.15) is 13.2 Å². The second-order valence-electron chi connectivity index (χ2n) is 3.95. The number of aliphatic hydroxyl groups excluding tert-OH is 1. The zero-order chi connectivity index (χ0) is 13.3. The molecular weight excluding hydrogens is 245 g/mol. The first-order chi connectivity index (χ1) is 8.39. The van der Waals surface area contributed by atoms with Crippen LogP contribution in [0.15, 0.2) is 36.8 Å². The van der Waals surface area contributed by atoms with Crippen LogP contribution < -0.4 is 0 Å². The lowest BCUT2D eigenvalue weighted by Crippen LogP contribution is -2.07. The molecule has 3 nitrogen and oxygen atoms in total. The summed E-state index contributed by atoms with van der Waals surface area (Å²) in [5, 5.41) is 10.0. The summed E-state index contributed by atoms with van der Waals surface area (Å²) in [6, 6.07) is 4.44. The van der Waals surface area contributed by atoms with E-state index in [9.17, 15) is 18.3 Å². The van der Waals surface area contributed by atoms with Crippen LogP contribution in [0.2, 0.25) is 0 Å². The van der Waals surface area contributed by atoms with Gasteiger partial charge in [-0.05, 0) is 17.7 Å². The van der Waals surface area contributed by atoms with Crippen molar-refractivity contribution >= 4 is 0 Å². The van der Waals surface area contributed by atoms with Crippen molar-refractivity contribution in [3.8, 4) is 0 Å². The van der Waals surface area contributed by atoms with Gasteiger partial charge in [0.15, 0.2) is 0 Å². The van der Waals surface area contributed by atoms with Crippen LogP contribution in [0.25, 0.3) is 0 Å². The largest absolute Gasteiger partial charge is 0.416 e. The predicted octanol–water partition coefficient (Wildman–Crippen LogP) is 2.52. The molecule has 0 amide bonds. The van der Waals surface area contributed by atoms with Gasteiger partial charge in [0.25, 0.3) is 0 Å². The van der Waals surface area contributed by atoms with E-state index in [0.29, 0.717) is 11.3 Å². The number of alkyl halides is 3. The topological polar surface area (TPSA) is 38.0 Å². The Hall–Kier alpha value is -1.82. The van der Waals surface area contributed by atoms with Crippen LogP contribution in [0.1, 0.15) is 22.9 Å².